The zero-order chi connectivity index (χ0) is 22.8. The summed E-state index contributed by atoms with van der Waals surface area (Å²) in [6.07, 6.45) is -4.42. The van der Waals surface area contributed by atoms with Crippen LogP contribution in [0.25, 0.3) is 0 Å². The van der Waals surface area contributed by atoms with Gasteiger partial charge in [0.25, 0.3) is 0 Å². The van der Waals surface area contributed by atoms with Crippen molar-refractivity contribution in [3.63, 3.8) is 0 Å². The Hall–Kier alpha value is -2.63. The van der Waals surface area contributed by atoms with E-state index in [4.69, 9.17) is 5.14 Å². The van der Waals surface area contributed by atoms with Crippen LogP contribution in [0.1, 0.15) is 12.5 Å². The zero-order valence-corrected chi connectivity index (χ0v) is 17.6. The first-order valence-electron chi connectivity index (χ1n) is 9.55. The smallest absolute Gasteiger partial charge is 0.369 e. The lowest BCUT2D eigenvalue weighted by Gasteiger charge is -2.38. The van der Waals surface area contributed by atoms with Crippen LogP contribution in [-0.2, 0) is 21.0 Å². The van der Waals surface area contributed by atoms with Gasteiger partial charge in [-0.05, 0) is 55.5 Å². The highest BCUT2D eigenvalue weighted by Crippen LogP contribution is 2.30. The molecule has 0 aromatic heterocycles. The van der Waals surface area contributed by atoms with Crippen LogP contribution in [0.3, 0.4) is 0 Å². The third kappa shape index (κ3) is 5.75. The highest BCUT2D eigenvalue weighted by molar-refractivity contribution is 7.89. The van der Waals surface area contributed by atoms with Crippen molar-refractivity contribution in [1.29, 1.82) is 0 Å². The number of sulfonamides is 1. The summed E-state index contributed by atoms with van der Waals surface area (Å²) >= 11 is 0. The number of nitrogens with one attached hydrogen (secondary N) is 1. The molecule has 3 N–H and O–H groups in total. The fraction of sp³-hybridized carbons (Fsp3) is 0.350. The number of hydrogen-bond acceptors (Lipinski definition) is 5. The number of alkyl halides is 3. The fourth-order valence-electron chi connectivity index (χ4n) is 3.37. The molecule has 1 saturated heterocycles. The van der Waals surface area contributed by atoms with Crippen molar-refractivity contribution in [2.24, 2.45) is 5.14 Å². The first-order chi connectivity index (χ1) is 14.4. The Bertz CT molecular complexity index is 1020. The van der Waals surface area contributed by atoms with Crippen molar-refractivity contribution in [2.45, 2.75) is 24.0 Å². The Kier molecular flexibility index (Phi) is 6.58. The van der Waals surface area contributed by atoms with Gasteiger partial charge >= 0.3 is 6.18 Å². The van der Waals surface area contributed by atoms with Gasteiger partial charge in [0.15, 0.2) is 0 Å². The number of hydrogen-bond donors (Lipinski definition) is 2. The summed E-state index contributed by atoms with van der Waals surface area (Å²) in [4.78, 5) is 16.6. The Morgan fingerprint density at radius 1 is 1.00 bits per heavy atom. The minimum Gasteiger partial charge on any atom is -0.369 e. The first kappa shape index (κ1) is 23.0. The predicted molar refractivity (Wildman–Crippen MR) is 111 cm³/mol. The van der Waals surface area contributed by atoms with E-state index < -0.39 is 27.8 Å². The molecule has 1 heterocycles. The molecule has 1 aliphatic rings. The van der Waals surface area contributed by atoms with E-state index in [9.17, 15) is 26.4 Å². The van der Waals surface area contributed by atoms with E-state index >= 15 is 0 Å². The molecule has 0 saturated carbocycles. The number of anilines is 2. The Morgan fingerprint density at radius 2 is 1.55 bits per heavy atom. The molecular formula is C20H23F3N4O3S. The van der Waals surface area contributed by atoms with Gasteiger partial charge in [-0.25, -0.2) is 13.6 Å². The lowest BCUT2D eigenvalue weighted by Crippen LogP contribution is -2.52. The minimum absolute atomic E-state index is 0.0449. The van der Waals surface area contributed by atoms with Crippen LogP contribution in [-0.4, -0.2) is 51.4 Å². The Balaban J connectivity index is 1.54. The predicted octanol–water partition coefficient (Wildman–Crippen LogP) is 2.50. The van der Waals surface area contributed by atoms with Gasteiger partial charge in [-0.2, -0.15) is 13.2 Å². The topological polar surface area (TPSA) is 95.7 Å². The Morgan fingerprint density at radius 3 is 2.03 bits per heavy atom. The molecule has 7 nitrogen and oxygen atoms in total. The van der Waals surface area contributed by atoms with E-state index in [-0.39, 0.29) is 10.8 Å². The van der Waals surface area contributed by atoms with Crippen LogP contribution in [0.4, 0.5) is 24.5 Å². The van der Waals surface area contributed by atoms with E-state index in [1.807, 2.05) is 4.90 Å². The second-order valence-corrected chi connectivity index (χ2v) is 8.86. The van der Waals surface area contributed by atoms with Gasteiger partial charge in [-0.3, -0.25) is 9.69 Å². The number of carbonyl (C=O) groups is 1. The average Bonchev–Trinajstić information content (AvgIpc) is 2.72. The molecule has 0 bridgehead atoms. The molecule has 168 valence electrons. The van der Waals surface area contributed by atoms with Crippen LogP contribution in [0, 0.1) is 0 Å². The van der Waals surface area contributed by atoms with E-state index in [0.29, 0.717) is 31.9 Å². The van der Waals surface area contributed by atoms with Crippen LogP contribution >= 0.6 is 0 Å². The zero-order valence-electron chi connectivity index (χ0n) is 16.8. The highest BCUT2D eigenvalue weighted by atomic mass is 32.2. The number of rotatable bonds is 5. The molecule has 1 amide bonds. The van der Waals surface area contributed by atoms with Crippen molar-refractivity contribution in [3.05, 3.63) is 54.1 Å². The first-order valence-corrected chi connectivity index (χ1v) is 11.1. The minimum atomic E-state index is -4.42. The maximum atomic E-state index is 12.6. The SMILES string of the molecule is CC(C(=O)Nc1ccc(C(F)(F)F)cc1)N1CCN(c2ccc(S(N)(=O)=O)cc2)CC1. The van der Waals surface area contributed by atoms with Crippen LogP contribution in [0.5, 0.6) is 0 Å². The van der Waals surface area contributed by atoms with Crippen molar-refractivity contribution < 1.29 is 26.4 Å². The highest BCUT2D eigenvalue weighted by Gasteiger charge is 2.30. The average molecular weight is 456 g/mol. The second kappa shape index (κ2) is 8.85. The standard InChI is InChI=1S/C20H23F3N4O3S/c1-14(19(28)25-16-4-2-15(3-5-16)20(21,22)23)26-10-12-27(13-11-26)17-6-8-18(9-7-17)31(24,29)30/h2-9,14H,10-13H2,1H3,(H,25,28)(H2,24,29,30). The summed E-state index contributed by atoms with van der Waals surface area (Å²) in [5, 5.41) is 7.76. The van der Waals surface area contributed by atoms with Crippen molar-refractivity contribution in [3.8, 4) is 0 Å². The molecular weight excluding hydrogens is 433 g/mol. The molecule has 0 aliphatic carbocycles. The third-order valence-corrected chi connectivity index (χ3v) is 6.18. The van der Waals surface area contributed by atoms with Crippen molar-refractivity contribution >= 4 is 27.3 Å². The van der Waals surface area contributed by atoms with Crippen LogP contribution in [0.2, 0.25) is 0 Å². The monoisotopic (exact) mass is 456 g/mol. The van der Waals surface area contributed by atoms with Gasteiger partial charge in [0, 0.05) is 37.6 Å². The van der Waals surface area contributed by atoms with Gasteiger partial charge in [0.1, 0.15) is 0 Å². The molecule has 11 heteroatoms. The number of carbonyl (C=O) groups excluding carboxylic acids is 1. The van der Waals surface area contributed by atoms with Crippen LogP contribution < -0.4 is 15.4 Å². The van der Waals surface area contributed by atoms with E-state index in [0.717, 1.165) is 17.8 Å². The molecule has 0 radical (unpaired) electrons. The quantitative estimate of drug-likeness (QED) is 0.721. The van der Waals surface area contributed by atoms with Crippen molar-refractivity contribution in [1.82, 2.24) is 4.90 Å². The van der Waals surface area contributed by atoms with E-state index in [1.54, 1.807) is 19.1 Å². The number of nitrogens with two attached hydrogens (primary N) is 1. The molecule has 3 rings (SSSR count). The number of benzene rings is 2. The molecule has 0 spiro atoms. The summed E-state index contributed by atoms with van der Waals surface area (Å²) in [7, 11) is -3.74. The summed E-state index contributed by atoms with van der Waals surface area (Å²) in [5.74, 6) is -0.300. The van der Waals surface area contributed by atoms with Crippen LogP contribution in [0.15, 0.2) is 53.4 Å². The summed E-state index contributed by atoms with van der Waals surface area (Å²) in [6, 6.07) is 10.2. The maximum Gasteiger partial charge on any atom is 0.416 e. The summed E-state index contributed by atoms with van der Waals surface area (Å²) in [6.45, 7) is 4.20. The molecule has 2 aromatic rings. The van der Waals surface area contributed by atoms with E-state index in [1.165, 1.54) is 24.3 Å². The van der Waals surface area contributed by atoms with E-state index in [2.05, 4.69) is 10.2 Å². The van der Waals surface area contributed by atoms with Gasteiger partial charge in [-0.1, -0.05) is 0 Å². The number of primary sulfonamides is 1. The summed E-state index contributed by atoms with van der Waals surface area (Å²) < 4.78 is 60.7. The number of piperazine rings is 1. The lowest BCUT2D eigenvalue weighted by molar-refractivity contribution is -0.137. The largest absolute Gasteiger partial charge is 0.416 e. The third-order valence-electron chi connectivity index (χ3n) is 5.25. The Labute approximate surface area is 178 Å². The molecule has 1 fully saturated rings. The van der Waals surface area contributed by atoms with Gasteiger partial charge < -0.3 is 10.2 Å². The number of halogens is 3. The van der Waals surface area contributed by atoms with Gasteiger partial charge in [0.2, 0.25) is 15.9 Å². The fourth-order valence-corrected chi connectivity index (χ4v) is 3.88. The number of amides is 1. The molecule has 1 atom stereocenters. The molecule has 1 unspecified atom stereocenters. The number of nitrogens with zero attached hydrogens (tertiary/aromatic N) is 2. The molecule has 31 heavy (non-hydrogen) atoms. The molecule has 2 aromatic carbocycles. The lowest BCUT2D eigenvalue weighted by atomic mass is 10.1. The van der Waals surface area contributed by atoms with Crippen molar-refractivity contribution in [2.75, 3.05) is 36.4 Å². The van der Waals surface area contributed by atoms with Gasteiger partial charge in [0.05, 0.1) is 16.5 Å². The second-order valence-electron chi connectivity index (χ2n) is 7.30. The van der Waals surface area contributed by atoms with Gasteiger partial charge in [-0.15, -0.1) is 0 Å². The maximum absolute atomic E-state index is 12.6. The summed E-state index contributed by atoms with van der Waals surface area (Å²) in [5.41, 5.74) is 0.388. The molecule has 1 aliphatic heterocycles. The normalized spacial score (nSPS) is 16.7.